The van der Waals surface area contributed by atoms with Crippen LogP contribution in [-0.2, 0) is 9.09 Å². The van der Waals surface area contributed by atoms with Crippen LogP contribution in [0.2, 0.25) is 0 Å². The van der Waals surface area contributed by atoms with Crippen LogP contribution in [-0.4, -0.2) is 49.5 Å². The number of hydrogen-bond donors (Lipinski definition) is 1. The van der Waals surface area contributed by atoms with Gasteiger partial charge in [-0.15, -0.1) is 0 Å². The van der Waals surface area contributed by atoms with Crippen molar-refractivity contribution in [3.8, 4) is 0 Å². The van der Waals surface area contributed by atoms with E-state index >= 15 is 0 Å². The average molecular weight is 366 g/mol. The van der Waals surface area contributed by atoms with Crippen molar-refractivity contribution in [3.05, 3.63) is 0 Å². The second-order valence-electron chi connectivity index (χ2n) is 7.42. The third-order valence-electron chi connectivity index (χ3n) is 4.25. The van der Waals surface area contributed by atoms with Gasteiger partial charge in [0, 0.05) is 0 Å². The number of phosphoric ester groups is 1. The highest BCUT2D eigenvalue weighted by Gasteiger charge is 2.20. The highest BCUT2D eigenvalue weighted by Crippen LogP contribution is 2.24. The van der Waals surface area contributed by atoms with Crippen LogP contribution in [0, 0.1) is 0 Å². The zero-order valence-electron chi connectivity index (χ0n) is 15.7. The van der Waals surface area contributed by atoms with Crippen LogP contribution in [0.3, 0.4) is 0 Å². The molecule has 0 aliphatic heterocycles. The normalized spacial score (nSPS) is 14.1. The molecule has 0 rings (SSSR count). The van der Waals surface area contributed by atoms with Gasteiger partial charge in [-0.05, 0) is 12.8 Å². The van der Waals surface area contributed by atoms with Gasteiger partial charge >= 0.3 is 0 Å². The van der Waals surface area contributed by atoms with Crippen molar-refractivity contribution in [2.24, 2.45) is 0 Å². The van der Waals surface area contributed by atoms with Crippen LogP contribution in [0.5, 0.6) is 0 Å². The molecule has 0 aromatic carbocycles. The Kier molecular flexibility index (Phi) is 13.3. The number of aliphatic hydroxyl groups excluding tert-OH is 1. The van der Waals surface area contributed by atoms with E-state index in [9.17, 15) is 19.5 Å². The van der Waals surface area contributed by atoms with Gasteiger partial charge in [0.25, 0.3) is 0 Å². The molecule has 0 saturated heterocycles. The molecule has 1 atom stereocenters. The Morgan fingerprint density at radius 3 is 1.88 bits per heavy atom. The van der Waals surface area contributed by atoms with E-state index in [1.807, 2.05) is 14.1 Å². The predicted molar refractivity (Wildman–Crippen MR) is 93.3 cm³/mol. The first kappa shape index (κ1) is 24.0. The third-order valence-corrected chi connectivity index (χ3v) is 4.71. The number of aliphatic hydroxyl groups is 1. The van der Waals surface area contributed by atoms with E-state index in [1.165, 1.54) is 57.8 Å². The first-order chi connectivity index (χ1) is 11.2. The van der Waals surface area contributed by atoms with Crippen LogP contribution in [0.4, 0.5) is 0 Å². The summed E-state index contributed by atoms with van der Waals surface area (Å²) in [6, 6.07) is 0. The minimum atomic E-state index is -5.00. The molecule has 24 heavy (non-hydrogen) atoms. The van der Waals surface area contributed by atoms with E-state index in [1.54, 1.807) is 0 Å². The summed E-state index contributed by atoms with van der Waals surface area (Å²) in [5.74, 6) is 0. The monoisotopic (exact) mass is 366 g/mol. The zero-order chi connectivity index (χ0) is 18.5. The summed E-state index contributed by atoms with van der Waals surface area (Å²) in [4.78, 5) is 20.8. The van der Waals surface area contributed by atoms with E-state index in [-0.39, 0.29) is 0 Å². The fourth-order valence-corrected chi connectivity index (χ4v) is 3.27. The lowest BCUT2D eigenvalue weighted by Gasteiger charge is -2.34. The molecular formula is C17H37NO5P-. The highest BCUT2D eigenvalue weighted by atomic mass is 31.2. The van der Waals surface area contributed by atoms with E-state index < -0.39 is 20.5 Å². The quantitative estimate of drug-likeness (QED) is 0.257. The van der Waals surface area contributed by atoms with Crippen molar-refractivity contribution >= 4 is 7.82 Å². The Morgan fingerprint density at radius 2 is 1.42 bits per heavy atom. The van der Waals surface area contributed by atoms with E-state index in [0.29, 0.717) is 11.0 Å². The molecule has 0 aliphatic rings. The molecule has 0 fully saturated rings. The molecule has 0 spiro atoms. The van der Waals surface area contributed by atoms with Gasteiger partial charge in [0.15, 0.2) is 0 Å². The van der Waals surface area contributed by atoms with Gasteiger partial charge in [0.1, 0.15) is 12.6 Å². The number of unbranched alkanes of at least 4 members (excludes halogenated alkanes) is 9. The van der Waals surface area contributed by atoms with E-state index in [2.05, 4.69) is 11.4 Å². The van der Waals surface area contributed by atoms with Crippen LogP contribution in [0.25, 0.3) is 0 Å². The van der Waals surface area contributed by atoms with Gasteiger partial charge < -0.3 is 28.5 Å². The van der Waals surface area contributed by atoms with E-state index in [4.69, 9.17) is 0 Å². The highest BCUT2D eigenvalue weighted by molar-refractivity contribution is 7.43. The number of hydrogen-bond acceptors (Lipinski definition) is 5. The van der Waals surface area contributed by atoms with Gasteiger partial charge in [-0.25, -0.2) is 0 Å². The molecule has 0 aliphatic carbocycles. The van der Waals surface area contributed by atoms with Gasteiger partial charge in [0.05, 0.1) is 35.1 Å². The summed E-state index contributed by atoms with van der Waals surface area (Å²) in [6.07, 6.45) is 11.9. The van der Waals surface area contributed by atoms with Crippen molar-refractivity contribution in [3.63, 3.8) is 0 Å². The third kappa shape index (κ3) is 16.9. The minimum absolute atomic E-state index is 0.372. The molecule has 0 heterocycles. The summed E-state index contributed by atoms with van der Waals surface area (Å²) in [7, 11) is -1.02. The topological polar surface area (TPSA) is 92.7 Å². The lowest BCUT2D eigenvalue weighted by atomic mass is 10.1. The minimum Gasteiger partial charge on any atom is -0.790 e. The van der Waals surface area contributed by atoms with Crippen LogP contribution < -0.4 is 9.79 Å². The van der Waals surface area contributed by atoms with Crippen molar-refractivity contribution in [2.75, 3.05) is 33.8 Å². The summed E-state index contributed by atoms with van der Waals surface area (Å²) in [6.45, 7) is 3.07. The summed E-state index contributed by atoms with van der Waals surface area (Å²) >= 11 is 0. The molecule has 0 bridgehead atoms. The summed E-state index contributed by atoms with van der Waals surface area (Å²) < 4.78 is 15.1. The van der Waals surface area contributed by atoms with Gasteiger partial charge in [0.2, 0.25) is 0 Å². The molecule has 0 saturated carbocycles. The maximum atomic E-state index is 10.4. The first-order valence-electron chi connectivity index (χ1n) is 9.33. The Morgan fingerprint density at radius 1 is 0.958 bits per heavy atom. The van der Waals surface area contributed by atoms with E-state index in [0.717, 1.165) is 13.0 Å². The molecule has 0 aromatic heterocycles. The van der Waals surface area contributed by atoms with Gasteiger partial charge in [-0.1, -0.05) is 58.3 Å². The molecule has 1 N–H and O–H groups in total. The second kappa shape index (κ2) is 13.3. The molecule has 0 amide bonds. The number of rotatable bonds is 16. The van der Waals surface area contributed by atoms with Gasteiger partial charge in [-0.3, -0.25) is 0 Å². The zero-order valence-corrected chi connectivity index (χ0v) is 16.6. The van der Waals surface area contributed by atoms with Crippen LogP contribution in [0.1, 0.15) is 71.1 Å². The van der Waals surface area contributed by atoms with Crippen LogP contribution >= 0.6 is 7.82 Å². The molecule has 146 valence electrons. The lowest BCUT2D eigenvalue weighted by Crippen LogP contribution is -2.47. The first-order valence-corrected chi connectivity index (χ1v) is 10.8. The molecule has 0 radical (unpaired) electrons. The standard InChI is InChI=1S/C17H38NO5P/c1-4-5-6-7-8-9-10-11-12-13-14-18(2,3)15-17(19)16-23-24(20,21)22/h17,19H,4-16H2,1-3H3,(H-,20,21,22)/p-1. The number of nitrogens with zero attached hydrogens (tertiary/aromatic N) is 1. The SMILES string of the molecule is CCCCCCCCCCCC[N+](C)(C)CC(O)COP(=O)([O-])[O-]. The van der Waals surface area contributed by atoms with Crippen molar-refractivity contribution in [2.45, 2.75) is 77.2 Å². The summed E-state index contributed by atoms with van der Waals surface area (Å²) in [5, 5.41) is 9.77. The number of quaternary nitrogens is 1. The fraction of sp³-hybridized carbons (Fsp3) is 1.00. The fourth-order valence-electron chi connectivity index (χ4n) is 2.92. The lowest BCUT2D eigenvalue weighted by molar-refractivity contribution is -0.893. The number of likely N-dealkylation sites (N-methyl/N-ethyl adjacent to an activating group) is 1. The van der Waals surface area contributed by atoms with Crippen molar-refractivity contribution in [1.82, 2.24) is 0 Å². The smallest absolute Gasteiger partial charge is 0.126 e. The maximum Gasteiger partial charge on any atom is 0.126 e. The molecular weight excluding hydrogens is 329 g/mol. The predicted octanol–water partition coefficient (Wildman–Crippen LogP) is 2.19. The Balaban J connectivity index is 3.61. The molecule has 6 nitrogen and oxygen atoms in total. The Hall–Kier alpha value is 0.0300. The molecule has 7 heteroatoms. The Labute approximate surface area is 148 Å². The largest absolute Gasteiger partial charge is 0.790 e. The van der Waals surface area contributed by atoms with Crippen LogP contribution in [0.15, 0.2) is 0 Å². The average Bonchev–Trinajstić information content (AvgIpc) is 2.46. The van der Waals surface area contributed by atoms with Crippen molar-refractivity contribution < 1.29 is 28.5 Å². The summed E-state index contributed by atoms with van der Waals surface area (Å²) in [5.41, 5.74) is 0. The van der Waals surface area contributed by atoms with Crippen molar-refractivity contribution in [1.29, 1.82) is 0 Å². The number of phosphoric acid groups is 1. The molecule has 0 aromatic rings. The van der Waals surface area contributed by atoms with Gasteiger partial charge in [-0.2, -0.15) is 0 Å². The molecule has 1 unspecified atom stereocenters. The Bertz CT molecular complexity index is 346. The maximum absolute atomic E-state index is 10.4. The second-order valence-corrected chi connectivity index (χ2v) is 8.57.